The fourth-order valence-electron chi connectivity index (χ4n) is 3.56. The minimum absolute atomic E-state index is 0.410. The number of hydrogen-bond acceptors (Lipinski definition) is 3. The first-order valence-electron chi connectivity index (χ1n) is 7.22. The van der Waals surface area contributed by atoms with Crippen molar-refractivity contribution in [2.24, 2.45) is 0 Å². The van der Waals surface area contributed by atoms with E-state index in [4.69, 9.17) is 21.1 Å². The number of piperidine rings is 1. The first-order chi connectivity index (χ1) is 9.36. The molecule has 1 fully saturated rings. The van der Waals surface area contributed by atoms with Crippen LogP contribution < -0.4 is 14.8 Å². The maximum Gasteiger partial charge on any atom is 0.142 e. The molecule has 102 valence electrons. The summed E-state index contributed by atoms with van der Waals surface area (Å²) in [7, 11) is 0. The summed E-state index contributed by atoms with van der Waals surface area (Å²) in [6.45, 7) is 2.59. The van der Waals surface area contributed by atoms with Gasteiger partial charge in [0.05, 0.1) is 18.2 Å². The highest BCUT2D eigenvalue weighted by Gasteiger charge is 2.34. The second kappa shape index (κ2) is 4.57. The molecule has 1 saturated heterocycles. The van der Waals surface area contributed by atoms with E-state index in [9.17, 15) is 0 Å². The van der Waals surface area contributed by atoms with Crippen molar-refractivity contribution in [1.29, 1.82) is 0 Å². The van der Waals surface area contributed by atoms with Crippen LogP contribution in [0.3, 0.4) is 0 Å². The Kier molecular flexibility index (Phi) is 2.85. The molecule has 0 aliphatic carbocycles. The van der Waals surface area contributed by atoms with Crippen molar-refractivity contribution >= 4 is 11.6 Å². The van der Waals surface area contributed by atoms with Crippen LogP contribution in [0.2, 0.25) is 5.02 Å². The molecular formula is C15H18ClNO2. The number of nitrogens with one attached hydrogen (secondary N) is 1. The van der Waals surface area contributed by atoms with Crippen molar-refractivity contribution < 1.29 is 9.47 Å². The van der Waals surface area contributed by atoms with Gasteiger partial charge in [-0.3, -0.25) is 0 Å². The predicted octanol–water partition coefficient (Wildman–Crippen LogP) is 3.02. The monoisotopic (exact) mass is 279 g/mol. The van der Waals surface area contributed by atoms with Crippen LogP contribution in [0.5, 0.6) is 11.5 Å². The molecule has 0 spiro atoms. The van der Waals surface area contributed by atoms with Gasteiger partial charge in [0.1, 0.15) is 11.5 Å². The minimum atomic E-state index is 0.410. The Morgan fingerprint density at radius 2 is 1.79 bits per heavy atom. The van der Waals surface area contributed by atoms with Crippen LogP contribution in [0.25, 0.3) is 0 Å². The molecule has 1 atom stereocenters. The van der Waals surface area contributed by atoms with E-state index in [1.807, 2.05) is 0 Å². The summed E-state index contributed by atoms with van der Waals surface area (Å²) >= 11 is 6.49. The van der Waals surface area contributed by atoms with Crippen molar-refractivity contribution in [1.82, 2.24) is 5.32 Å². The third-order valence-electron chi connectivity index (χ3n) is 4.44. The van der Waals surface area contributed by atoms with Crippen LogP contribution >= 0.6 is 11.6 Å². The standard InChI is InChI=1S/C15H18ClNO2/c16-13-10-5-8-18-14(10)12(9-4-7-19-15(9)13)11-3-1-2-6-17-11/h11,17H,1-8H2. The summed E-state index contributed by atoms with van der Waals surface area (Å²) in [5.74, 6) is 1.97. The highest BCUT2D eigenvalue weighted by atomic mass is 35.5. The third kappa shape index (κ3) is 1.75. The first-order valence-corrected chi connectivity index (χ1v) is 7.60. The molecule has 3 aliphatic rings. The van der Waals surface area contributed by atoms with Crippen molar-refractivity contribution in [3.8, 4) is 11.5 Å². The van der Waals surface area contributed by atoms with E-state index in [0.717, 1.165) is 54.7 Å². The Morgan fingerprint density at radius 1 is 1.00 bits per heavy atom. The third-order valence-corrected chi connectivity index (χ3v) is 4.84. The van der Waals surface area contributed by atoms with Crippen LogP contribution in [-0.2, 0) is 12.8 Å². The molecule has 19 heavy (non-hydrogen) atoms. The second-order valence-electron chi connectivity index (χ2n) is 5.54. The summed E-state index contributed by atoms with van der Waals surface area (Å²) in [5, 5.41) is 4.43. The van der Waals surface area contributed by atoms with E-state index in [0.29, 0.717) is 6.04 Å². The largest absolute Gasteiger partial charge is 0.493 e. The molecule has 0 saturated carbocycles. The number of halogens is 1. The van der Waals surface area contributed by atoms with Crippen LogP contribution in [-0.4, -0.2) is 19.8 Å². The molecule has 1 unspecified atom stereocenters. The molecule has 3 heterocycles. The summed E-state index contributed by atoms with van der Waals surface area (Å²) in [4.78, 5) is 0. The van der Waals surface area contributed by atoms with Crippen LogP contribution in [0.4, 0.5) is 0 Å². The Morgan fingerprint density at radius 3 is 2.58 bits per heavy atom. The zero-order chi connectivity index (χ0) is 12.8. The van der Waals surface area contributed by atoms with Gasteiger partial charge in [-0.25, -0.2) is 0 Å². The first kappa shape index (κ1) is 11.9. The van der Waals surface area contributed by atoms with Crippen LogP contribution in [0.15, 0.2) is 0 Å². The molecule has 4 heteroatoms. The molecule has 4 rings (SSSR count). The molecule has 3 nitrogen and oxygen atoms in total. The van der Waals surface area contributed by atoms with E-state index in [1.54, 1.807) is 0 Å². The van der Waals surface area contributed by atoms with Gasteiger partial charge in [-0.1, -0.05) is 18.0 Å². The van der Waals surface area contributed by atoms with Crippen molar-refractivity contribution in [3.05, 3.63) is 21.7 Å². The van der Waals surface area contributed by atoms with Gasteiger partial charge in [-0.05, 0) is 19.4 Å². The van der Waals surface area contributed by atoms with E-state index >= 15 is 0 Å². The Balaban J connectivity index is 1.89. The Hall–Kier alpha value is -0.930. The topological polar surface area (TPSA) is 30.5 Å². The quantitative estimate of drug-likeness (QED) is 0.857. The highest BCUT2D eigenvalue weighted by molar-refractivity contribution is 6.33. The van der Waals surface area contributed by atoms with Gasteiger partial charge in [-0.15, -0.1) is 0 Å². The molecule has 0 bridgehead atoms. The lowest BCUT2D eigenvalue weighted by Crippen LogP contribution is -2.28. The normalized spacial score (nSPS) is 24.6. The number of ether oxygens (including phenoxy) is 2. The number of benzene rings is 1. The van der Waals surface area contributed by atoms with Gasteiger partial charge >= 0.3 is 0 Å². The highest BCUT2D eigenvalue weighted by Crippen LogP contribution is 2.49. The Bertz CT molecular complexity index is 488. The van der Waals surface area contributed by atoms with Crippen molar-refractivity contribution in [3.63, 3.8) is 0 Å². The molecule has 1 aromatic carbocycles. The molecule has 0 radical (unpaired) electrons. The Labute approximate surface area is 118 Å². The zero-order valence-electron chi connectivity index (χ0n) is 10.9. The molecule has 1 N–H and O–H groups in total. The van der Waals surface area contributed by atoms with E-state index in [2.05, 4.69) is 5.32 Å². The van der Waals surface area contributed by atoms with Gasteiger partial charge in [-0.2, -0.15) is 0 Å². The number of rotatable bonds is 1. The van der Waals surface area contributed by atoms with Gasteiger partial charge in [0, 0.05) is 35.6 Å². The average Bonchev–Trinajstić information content (AvgIpc) is 3.09. The van der Waals surface area contributed by atoms with Crippen LogP contribution in [0.1, 0.15) is 42.0 Å². The second-order valence-corrected chi connectivity index (χ2v) is 5.92. The lowest BCUT2D eigenvalue weighted by atomic mass is 9.90. The fourth-order valence-corrected chi connectivity index (χ4v) is 3.90. The van der Waals surface area contributed by atoms with Gasteiger partial charge < -0.3 is 14.8 Å². The van der Waals surface area contributed by atoms with Crippen molar-refractivity contribution in [2.45, 2.75) is 38.1 Å². The molecular weight excluding hydrogens is 262 g/mol. The van der Waals surface area contributed by atoms with E-state index < -0.39 is 0 Å². The smallest absolute Gasteiger partial charge is 0.142 e. The van der Waals surface area contributed by atoms with Crippen molar-refractivity contribution in [2.75, 3.05) is 19.8 Å². The fraction of sp³-hybridized carbons (Fsp3) is 0.600. The average molecular weight is 280 g/mol. The van der Waals surface area contributed by atoms with Gasteiger partial charge in [0.25, 0.3) is 0 Å². The summed E-state index contributed by atoms with van der Waals surface area (Å²) in [6, 6.07) is 0.410. The van der Waals surface area contributed by atoms with Gasteiger partial charge in [0.15, 0.2) is 0 Å². The zero-order valence-corrected chi connectivity index (χ0v) is 11.7. The molecule has 0 amide bonds. The molecule has 1 aromatic rings. The summed E-state index contributed by atoms with van der Waals surface area (Å²) < 4.78 is 11.7. The number of hydrogen-bond donors (Lipinski definition) is 1. The molecule has 3 aliphatic heterocycles. The predicted molar refractivity (Wildman–Crippen MR) is 74.4 cm³/mol. The lowest BCUT2D eigenvalue weighted by Gasteiger charge is -2.27. The number of fused-ring (bicyclic) bond motifs is 2. The maximum absolute atomic E-state index is 6.49. The van der Waals surface area contributed by atoms with Gasteiger partial charge in [0.2, 0.25) is 0 Å². The SMILES string of the molecule is Clc1c2c(c(C3CCCCN3)c3c1OCC3)OCC2. The molecule has 0 aromatic heterocycles. The van der Waals surface area contributed by atoms with Crippen LogP contribution in [0, 0.1) is 0 Å². The maximum atomic E-state index is 6.49. The summed E-state index contributed by atoms with van der Waals surface area (Å²) in [5.41, 5.74) is 3.78. The van der Waals surface area contributed by atoms with E-state index in [-0.39, 0.29) is 0 Å². The lowest BCUT2D eigenvalue weighted by molar-refractivity contribution is 0.338. The summed E-state index contributed by atoms with van der Waals surface area (Å²) in [6.07, 6.45) is 5.60. The van der Waals surface area contributed by atoms with E-state index in [1.165, 1.54) is 30.4 Å². The minimum Gasteiger partial charge on any atom is -0.493 e.